The summed E-state index contributed by atoms with van der Waals surface area (Å²) in [5.74, 6) is -0.712. The molecule has 0 radical (unpaired) electrons. The number of carbonyl (C=O) groups is 1. The van der Waals surface area contributed by atoms with Crippen molar-refractivity contribution in [2.24, 2.45) is 0 Å². The van der Waals surface area contributed by atoms with Crippen LogP contribution in [0.4, 0.5) is 0 Å². The lowest BCUT2D eigenvalue weighted by Gasteiger charge is -2.44. The minimum atomic E-state index is -0.848. The van der Waals surface area contributed by atoms with Crippen molar-refractivity contribution in [3.05, 3.63) is 28.0 Å². The van der Waals surface area contributed by atoms with Gasteiger partial charge in [0.05, 0.1) is 24.3 Å². The van der Waals surface area contributed by atoms with Crippen LogP contribution < -0.4 is 5.56 Å². The molecule has 0 atom stereocenters. The number of pyridine rings is 1. The van der Waals surface area contributed by atoms with Crippen molar-refractivity contribution in [3.8, 4) is 5.88 Å². The number of carbonyl (C=O) groups excluding carboxylic acids is 1. The maximum atomic E-state index is 11.8. The molecule has 0 saturated carbocycles. The highest BCUT2D eigenvalue weighted by Gasteiger charge is 2.39. The van der Waals surface area contributed by atoms with Gasteiger partial charge in [-0.15, -0.1) is 0 Å². The van der Waals surface area contributed by atoms with Crippen LogP contribution in [0.15, 0.2) is 16.9 Å². The number of H-pyrrole nitrogens is 1. The third kappa shape index (κ3) is 1.92. The van der Waals surface area contributed by atoms with E-state index in [1.807, 2.05) is 0 Å². The Hall–Kier alpha value is -1.82. The van der Waals surface area contributed by atoms with E-state index in [0.717, 1.165) is 6.07 Å². The molecular formula is C10H12N2O4. The number of nitrogens with zero attached hydrogens (tertiary/aromatic N) is 1. The molecule has 1 aromatic heterocycles. The molecule has 0 unspecified atom stereocenters. The molecule has 1 saturated heterocycles. The van der Waals surface area contributed by atoms with Crippen LogP contribution in [-0.2, 0) is 0 Å². The number of likely N-dealkylation sites (tertiary alicyclic amines) is 1. The lowest BCUT2D eigenvalue weighted by molar-refractivity contribution is -0.0668. The molecule has 6 nitrogen and oxygen atoms in total. The zero-order valence-corrected chi connectivity index (χ0v) is 8.73. The van der Waals surface area contributed by atoms with Gasteiger partial charge in [0.1, 0.15) is 0 Å². The second-order valence-electron chi connectivity index (χ2n) is 4.28. The molecule has 86 valence electrons. The minimum absolute atomic E-state index is 0.122. The first-order valence-corrected chi connectivity index (χ1v) is 4.82. The number of aromatic nitrogens is 1. The molecule has 0 bridgehead atoms. The van der Waals surface area contributed by atoms with Crippen molar-refractivity contribution in [1.29, 1.82) is 0 Å². The number of aromatic amines is 1. The number of hydrogen-bond donors (Lipinski definition) is 3. The van der Waals surface area contributed by atoms with E-state index in [4.69, 9.17) is 5.11 Å². The van der Waals surface area contributed by atoms with E-state index < -0.39 is 11.2 Å². The van der Waals surface area contributed by atoms with Gasteiger partial charge in [-0.1, -0.05) is 0 Å². The predicted molar refractivity (Wildman–Crippen MR) is 55.3 cm³/mol. The topological polar surface area (TPSA) is 93.6 Å². The Bertz CT molecular complexity index is 484. The molecule has 6 heteroatoms. The number of hydrogen-bond acceptors (Lipinski definition) is 4. The highest BCUT2D eigenvalue weighted by molar-refractivity contribution is 5.95. The van der Waals surface area contributed by atoms with Crippen LogP contribution in [0.3, 0.4) is 0 Å². The van der Waals surface area contributed by atoms with Gasteiger partial charge in [-0.3, -0.25) is 14.6 Å². The number of aliphatic hydroxyl groups is 1. The zero-order chi connectivity index (χ0) is 11.9. The summed E-state index contributed by atoms with van der Waals surface area (Å²) in [7, 11) is 0. The number of rotatable bonds is 1. The summed E-state index contributed by atoms with van der Waals surface area (Å²) in [5.41, 5.74) is -1.26. The van der Waals surface area contributed by atoms with Gasteiger partial charge in [-0.25, -0.2) is 0 Å². The van der Waals surface area contributed by atoms with E-state index in [0.29, 0.717) is 0 Å². The van der Waals surface area contributed by atoms with Crippen molar-refractivity contribution in [3.63, 3.8) is 0 Å². The van der Waals surface area contributed by atoms with Gasteiger partial charge in [-0.05, 0) is 6.92 Å². The molecular weight excluding hydrogens is 212 g/mol. The van der Waals surface area contributed by atoms with Crippen LogP contribution in [0.2, 0.25) is 0 Å². The van der Waals surface area contributed by atoms with Crippen LogP contribution in [0.25, 0.3) is 0 Å². The van der Waals surface area contributed by atoms with Gasteiger partial charge in [0.2, 0.25) is 0 Å². The summed E-state index contributed by atoms with van der Waals surface area (Å²) in [4.78, 5) is 26.4. The van der Waals surface area contributed by atoms with Crippen LogP contribution >= 0.6 is 0 Å². The van der Waals surface area contributed by atoms with E-state index in [-0.39, 0.29) is 30.4 Å². The molecule has 16 heavy (non-hydrogen) atoms. The van der Waals surface area contributed by atoms with Gasteiger partial charge < -0.3 is 15.1 Å². The smallest absolute Gasteiger partial charge is 0.254 e. The Morgan fingerprint density at radius 1 is 1.50 bits per heavy atom. The largest absolute Gasteiger partial charge is 0.494 e. The summed E-state index contributed by atoms with van der Waals surface area (Å²) >= 11 is 0. The molecule has 1 aliphatic rings. The summed E-state index contributed by atoms with van der Waals surface area (Å²) in [6.45, 7) is 2.10. The van der Waals surface area contributed by atoms with Crippen LogP contribution in [-0.4, -0.2) is 44.7 Å². The van der Waals surface area contributed by atoms with Crippen molar-refractivity contribution in [2.45, 2.75) is 12.5 Å². The molecule has 2 rings (SSSR count). The second kappa shape index (κ2) is 3.34. The molecule has 0 aromatic carbocycles. The SMILES string of the molecule is CC1(O)CN(C(=O)c2cc(O)[nH]c(=O)c2)C1. The second-order valence-corrected chi connectivity index (χ2v) is 4.28. The van der Waals surface area contributed by atoms with E-state index in [9.17, 15) is 14.7 Å². The highest BCUT2D eigenvalue weighted by Crippen LogP contribution is 2.22. The monoisotopic (exact) mass is 224 g/mol. The number of amides is 1. The van der Waals surface area contributed by atoms with Gasteiger partial charge in [0.15, 0.2) is 5.88 Å². The quantitative estimate of drug-likeness (QED) is 0.587. The Labute approximate surface area is 91.1 Å². The Morgan fingerprint density at radius 3 is 2.62 bits per heavy atom. The minimum Gasteiger partial charge on any atom is -0.494 e. The molecule has 0 aliphatic carbocycles. The van der Waals surface area contributed by atoms with Crippen LogP contribution in [0.5, 0.6) is 5.88 Å². The maximum absolute atomic E-state index is 11.8. The van der Waals surface area contributed by atoms with Crippen molar-refractivity contribution >= 4 is 5.91 Å². The molecule has 2 heterocycles. The molecule has 1 fully saturated rings. The summed E-state index contributed by atoms with van der Waals surface area (Å²) in [6.07, 6.45) is 0. The fourth-order valence-corrected chi connectivity index (χ4v) is 1.75. The third-order valence-corrected chi connectivity index (χ3v) is 2.43. The van der Waals surface area contributed by atoms with Crippen LogP contribution in [0, 0.1) is 0 Å². The Balaban J connectivity index is 2.19. The zero-order valence-electron chi connectivity index (χ0n) is 8.73. The van der Waals surface area contributed by atoms with Crippen molar-refractivity contribution in [1.82, 2.24) is 9.88 Å². The number of β-amino-alcohol motifs (C(OH)–C–C–N with tert-alkyl or cyclic N) is 1. The molecule has 1 aromatic rings. The van der Waals surface area contributed by atoms with Gasteiger partial charge >= 0.3 is 0 Å². The first-order chi connectivity index (χ1) is 7.37. The summed E-state index contributed by atoms with van der Waals surface area (Å²) in [5, 5.41) is 18.6. The number of aromatic hydroxyl groups is 1. The fraction of sp³-hybridized carbons (Fsp3) is 0.400. The molecule has 1 aliphatic heterocycles. The van der Waals surface area contributed by atoms with Gasteiger partial charge in [-0.2, -0.15) is 0 Å². The normalized spacial score (nSPS) is 18.0. The molecule has 0 spiro atoms. The average Bonchev–Trinajstić information content (AvgIpc) is 2.11. The summed E-state index contributed by atoms with van der Waals surface area (Å²) < 4.78 is 0. The molecule has 1 amide bonds. The van der Waals surface area contributed by atoms with E-state index in [1.165, 1.54) is 11.0 Å². The molecule has 3 N–H and O–H groups in total. The van der Waals surface area contributed by atoms with E-state index >= 15 is 0 Å². The third-order valence-electron chi connectivity index (χ3n) is 2.43. The summed E-state index contributed by atoms with van der Waals surface area (Å²) in [6, 6.07) is 2.31. The first kappa shape index (κ1) is 10.7. The van der Waals surface area contributed by atoms with E-state index in [1.54, 1.807) is 6.92 Å². The highest BCUT2D eigenvalue weighted by atomic mass is 16.3. The Morgan fingerprint density at radius 2 is 2.12 bits per heavy atom. The number of nitrogens with one attached hydrogen (secondary N) is 1. The van der Waals surface area contributed by atoms with E-state index in [2.05, 4.69) is 4.98 Å². The lowest BCUT2D eigenvalue weighted by atomic mass is 9.96. The Kier molecular flexibility index (Phi) is 2.23. The van der Waals surface area contributed by atoms with Crippen molar-refractivity contribution < 1.29 is 15.0 Å². The van der Waals surface area contributed by atoms with Crippen molar-refractivity contribution in [2.75, 3.05) is 13.1 Å². The van der Waals surface area contributed by atoms with Gasteiger partial charge in [0.25, 0.3) is 11.5 Å². The standard InChI is InChI=1S/C10H12N2O4/c1-10(16)4-12(5-10)9(15)6-2-7(13)11-8(14)3-6/h2-3,16H,4-5H2,1H3,(H2,11,13,14). The lowest BCUT2D eigenvalue weighted by Crippen LogP contribution is -2.61. The first-order valence-electron chi connectivity index (χ1n) is 4.82. The predicted octanol–water partition coefficient (Wildman–Crippen LogP) is -0.713. The van der Waals surface area contributed by atoms with Crippen LogP contribution in [0.1, 0.15) is 17.3 Å². The fourth-order valence-electron chi connectivity index (χ4n) is 1.75. The maximum Gasteiger partial charge on any atom is 0.254 e. The van der Waals surface area contributed by atoms with Gasteiger partial charge in [0, 0.05) is 12.1 Å². The average molecular weight is 224 g/mol.